The van der Waals surface area contributed by atoms with Crippen molar-refractivity contribution in [3.63, 3.8) is 0 Å². The first-order valence-electron chi connectivity index (χ1n) is 13.3. The van der Waals surface area contributed by atoms with Crippen molar-refractivity contribution in [1.82, 2.24) is 4.90 Å². The van der Waals surface area contributed by atoms with Crippen LogP contribution in [-0.2, 0) is 16.1 Å². The molecule has 2 N–H and O–H groups in total. The second-order valence-electron chi connectivity index (χ2n) is 11.1. The standard InChI is InChI=1S/C32H37N3O3/c1-32(2,3)21-27(31(37)38)33-29(24-15-8-5-9-16-24)25-17-10-11-18-26(25)34-30(36)28-19-12-20-35(28)22-23-13-6-4-7-14-23/h4-11,13-18,27-28H,12,19-22H2,1-3H3,(H,34,36)(H,37,38)/t27-,28-/m0/s1. The van der Waals surface area contributed by atoms with Crippen LogP contribution in [0.15, 0.2) is 89.9 Å². The van der Waals surface area contributed by atoms with Gasteiger partial charge in [-0.25, -0.2) is 4.79 Å². The van der Waals surface area contributed by atoms with E-state index in [4.69, 9.17) is 4.99 Å². The zero-order valence-electron chi connectivity index (χ0n) is 22.4. The molecule has 6 heteroatoms. The van der Waals surface area contributed by atoms with E-state index in [9.17, 15) is 14.7 Å². The summed E-state index contributed by atoms with van der Waals surface area (Å²) in [7, 11) is 0. The maximum Gasteiger partial charge on any atom is 0.328 e. The summed E-state index contributed by atoms with van der Waals surface area (Å²) in [4.78, 5) is 32.8. The molecule has 1 aliphatic heterocycles. The molecular formula is C32H37N3O3. The lowest BCUT2D eigenvalue weighted by molar-refractivity contribution is -0.139. The van der Waals surface area contributed by atoms with E-state index in [0.717, 1.165) is 31.5 Å². The fourth-order valence-electron chi connectivity index (χ4n) is 4.96. The molecule has 1 heterocycles. The highest BCUT2D eigenvalue weighted by molar-refractivity contribution is 6.17. The van der Waals surface area contributed by atoms with E-state index in [1.807, 2.05) is 93.6 Å². The lowest BCUT2D eigenvalue weighted by Gasteiger charge is -2.25. The van der Waals surface area contributed by atoms with Crippen LogP contribution in [0.2, 0.25) is 0 Å². The lowest BCUT2D eigenvalue weighted by atomic mass is 9.88. The largest absolute Gasteiger partial charge is 0.480 e. The van der Waals surface area contributed by atoms with E-state index in [2.05, 4.69) is 22.3 Å². The quantitative estimate of drug-likeness (QED) is 0.344. The van der Waals surface area contributed by atoms with Crippen LogP contribution in [0.5, 0.6) is 0 Å². The molecule has 2 atom stereocenters. The number of likely N-dealkylation sites (tertiary alicyclic amines) is 1. The first-order chi connectivity index (χ1) is 18.2. The van der Waals surface area contributed by atoms with Crippen molar-refractivity contribution in [3.05, 3.63) is 102 Å². The molecule has 0 radical (unpaired) electrons. The molecule has 0 spiro atoms. The summed E-state index contributed by atoms with van der Waals surface area (Å²) < 4.78 is 0. The number of benzene rings is 3. The summed E-state index contributed by atoms with van der Waals surface area (Å²) in [5, 5.41) is 13.2. The second-order valence-corrected chi connectivity index (χ2v) is 11.1. The summed E-state index contributed by atoms with van der Waals surface area (Å²) in [5.74, 6) is -1.01. The van der Waals surface area contributed by atoms with Gasteiger partial charge in [-0.05, 0) is 42.9 Å². The monoisotopic (exact) mass is 511 g/mol. The second kappa shape index (κ2) is 12.2. The Morgan fingerprint density at radius 2 is 1.61 bits per heavy atom. The highest BCUT2D eigenvalue weighted by atomic mass is 16.4. The van der Waals surface area contributed by atoms with Crippen LogP contribution in [0, 0.1) is 5.41 Å². The Hall–Kier alpha value is -3.77. The lowest BCUT2D eigenvalue weighted by Crippen LogP contribution is -2.39. The highest BCUT2D eigenvalue weighted by Gasteiger charge is 2.31. The number of aliphatic imine (C=N–C) groups is 1. The number of nitrogens with zero attached hydrogens (tertiary/aromatic N) is 2. The van der Waals surface area contributed by atoms with Crippen LogP contribution in [0.3, 0.4) is 0 Å². The number of para-hydroxylation sites is 1. The Morgan fingerprint density at radius 3 is 2.26 bits per heavy atom. The summed E-state index contributed by atoms with van der Waals surface area (Å²) in [6.45, 7) is 7.63. The molecule has 38 heavy (non-hydrogen) atoms. The van der Waals surface area contributed by atoms with Gasteiger partial charge in [0.15, 0.2) is 0 Å². The predicted octanol–water partition coefficient (Wildman–Crippen LogP) is 6.02. The smallest absolute Gasteiger partial charge is 0.328 e. The zero-order chi connectivity index (χ0) is 27.1. The molecule has 3 aromatic rings. The maximum absolute atomic E-state index is 13.6. The van der Waals surface area contributed by atoms with E-state index in [-0.39, 0.29) is 17.4 Å². The Balaban J connectivity index is 1.65. The van der Waals surface area contributed by atoms with E-state index in [0.29, 0.717) is 23.4 Å². The first-order valence-corrected chi connectivity index (χ1v) is 13.3. The van der Waals surface area contributed by atoms with E-state index < -0.39 is 12.0 Å². The van der Waals surface area contributed by atoms with E-state index in [1.54, 1.807) is 0 Å². The topological polar surface area (TPSA) is 82.0 Å². The van der Waals surface area contributed by atoms with Gasteiger partial charge < -0.3 is 10.4 Å². The number of anilines is 1. The van der Waals surface area contributed by atoms with Crippen LogP contribution in [0.1, 0.15) is 56.7 Å². The average Bonchev–Trinajstić information content (AvgIpc) is 3.35. The molecule has 1 aliphatic rings. The van der Waals surface area contributed by atoms with Gasteiger partial charge in [0.2, 0.25) is 5.91 Å². The van der Waals surface area contributed by atoms with Crippen molar-refractivity contribution in [3.8, 4) is 0 Å². The third-order valence-electron chi connectivity index (χ3n) is 6.76. The molecule has 0 saturated carbocycles. The molecule has 4 rings (SSSR count). The zero-order valence-corrected chi connectivity index (χ0v) is 22.4. The molecule has 1 amide bonds. The molecule has 0 bridgehead atoms. The number of nitrogens with one attached hydrogen (secondary N) is 1. The molecule has 0 aromatic heterocycles. The molecule has 0 unspecified atom stereocenters. The van der Waals surface area contributed by atoms with Gasteiger partial charge in [0.05, 0.1) is 17.4 Å². The average molecular weight is 512 g/mol. The molecule has 3 aromatic carbocycles. The van der Waals surface area contributed by atoms with Crippen molar-refractivity contribution in [2.75, 3.05) is 11.9 Å². The SMILES string of the molecule is CC(C)(C)C[C@H](N=C(c1ccccc1)c1ccccc1NC(=O)[C@@H]1CCCN1Cc1ccccc1)C(=O)O. The summed E-state index contributed by atoms with van der Waals surface area (Å²) >= 11 is 0. The van der Waals surface area contributed by atoms with Crippen LogP contribution in [-0.4, -0.2) is 46.2 Å². The molecule has 198 valence electrons. The maximum atomic E-state index is 13.6. The molecule has 6 nitrogen and oxygen atoms in total. The number of amides is 1. The van der Waals surface area contributed by atoms with Crippen molar-refractivity contribution in [2.24, 2.45) is 10.4 Å². The van der Waals surface area contributed by atoms with Crippen molar-refractivity contribution in [2.45, 2.75) is 58.7 Å². The number of carboxylic acids is 1. The van der Waals surface area contributed by atoms with Gasteiger partial charge in [-0.1, -0.05) is 99.6 Å². The van der Waals surface area contributed by atoms with Gasteiger partial charge in [0.25, 0.3) is 0 Å². The molecule has 1 saturated heterocycles. The fourth-order valence-corrected chi connectivity index (χ4v) is 4.96. The Morgan fingerprint density at radius 1 is 0.974 bits per heavy atom. The Bertz CT molecular complexity index is 1270. The molecule has 0 aliphatic carbocycles. The number of carboxylic acid groups (broad SMARTS) is 1. The Labute approximate surface area is 225 Å². The molecule has 1 fully saturated rings. The van der Waals surface area contributed by atoms with Crippen molar-refractivity contribution in [1.29, 1.82) is 0 Å². The summed E-state index contributed by atoms with van der Waals surface area (Å²) in [6, 6.07) is 26.2. The fraction of sp³-hybridized carbons (Fsp3) is 0.344. The van der Waals surface area contributed by atoms with E-state index in [1.165, 1.54) is 5.56 Å². The molecular weight excluding hydrogens is 474 g/mol. The number of aliphatic carboxylic acids is 1. The summed E-state index contributed by atoms with van der Waals surface area (Å²) in [5.41, 5.74) is 3.68. The number of hydrogen-bond donors (Lipinski definition) is 2. The first kappa shape index (κ1) is 27.3. The third-order valence-corrected chi connectivity index (χ3v) is 6.76. The van der Waals surface area contributed by atoms with Crippen LogP contribution in [0.4, 0.5) is 5.69 Å². The van der Waals surface area contributed by atoms with Crippen molar-refractivity contribution < 1.29 is 14.7 Å². The van der Waals surface area contributed by atoms with Crippen LogP contribution >= 0.6 is 0 Å². The van der Waals surface area contributed by atoms with Gasteiger partial charge in [-0.2, -0.15) is 0 Å². The van der Waals surface area contributed by atoms with Crippen LogP contribution < -0.4 is 5.32 Å². The van der Waals surface area contributed by atoms with Gasteiger partial charge in [-0.3, -0.25) is 14.7 Å². The Kier molecular flexibility index (Phi) is 8.74. The minimum atomic E-state index is -0.961. The van der Waals surface area contributed by atoms with Crippen molar-refractivity contribution >= 4 is 23.3 Å². The van der Waals surface area contributed by atoms with Gasteiger partial charge in [0.1, 0.15) is 6.04 Å². The highest BCUT2D eigenvalue weighted by Crippen LogP contribution is 2.27. The normalized spacial score (nSPS) is 17.2. The van der Waals surface area contributed by atoms with Crippen LogP contribution in [0.25, 0.3) is 0 Å². The number of carbonyl (C=O) groups is 2. The van der Waals surface area contributed by atoms with Gasteiger partial charge >= 0.3 is 5.97 Å². The summed E-state index contributed by atoms with van der Waals surface area (Å²) in [6.07, 6.45) is 2.16. The minimum absolute atomic E-state index is 0.0530. The number of hydrogen-bond acceptors (Lipinski definition) is 4. The minimum Gasteiger partial charge on any atom is -0.480 e. The predicted molar refractivity (Wildman–Crippen MR) is 153 cm³/mol. The number of carbonyl (C=O) groups excluding carboxylic acids is 1. The third kappa shape index (κ3) is 7.17. The van der Waals surface area contributed by atoms with Gasteiger partial charge in [-0.15, -0.1) is 0 Å². The van der Waals surface area contributed by atoms with E-state index >= 15 is 0 Å². The van der Waals surface area contributed by atoms with Gasteiger partial charge in [0, 0.05) is 17.7 Å². The number of rotatable bonds is 9.